The van der Waals surface area contributed by atoms with Crippen molar-refractivity contribution >= 4 is 5.69 Å². The number of ether oxygens (including phenoxy) is 1. The van der Waals surface area contributed by atoms with Gasteiger partial charge in [-0.1, -0.05) is 5.11 Å². The monoisotopic (exact) mass is 239 g/mol. The summed E-state index contributed by atoms with van der Waals surface area (Å²) in [6.45, 7) is -0.254. The molecule has 17 heavy (non-hydrogen) atoms. The van der Waals surface area contributed by atoms with Crippen molar-refractivity contribution in [2.45, 2.75) is 12.2 Å². The number of nitrogens with two attached hydrogens (primary N) is 1. The molecule has 0 bridgehead atoms. The van der Waals surface area contributed by atoms with Crippen molar-refractivity contribution in [2.24, 2.45) is 5.11 Å². The predicted octanol–water partition coefficient (Wildman–Crippen LogP) is 0.377. The van der Waals surface area contributed by atoms with Gasteiger partial charge in [-0.2, -0.15) is 0 Å². The Balaban J connectivity index is 2.97. The second-order valence-corrected chi connectivity index (χ2v) is 3.29. The van der Waals surface area contributed by atoms with Gasteiger partial charge in [-0.3, -0.25) is 0 Å². The van der Waals surface area contributed by atoms with Crippen molar-refractivity contribution in [1.29, 1.82) is 0 Å². The van der Waals surface area contributed by atoms with E-state index in [9.17, 15) is 10.2 Å². The summed E-state index contributed by atoms with van der Waals surface area (Å²) >= 11 is 0. The lowest BCUT2D eigenvalue weighted by molar-refractivity contribution is 0.0227. The first-order valence-electron chi connectivity index (χ1n) is 4.76. The topological polar surface area (TPSA) is 137 Å². The summed E-state index contributed by atoms with van der Waals surface area (Å²) in [7, 11) is 1.38. The second kappa shape index (κ2) is 5.90. The average molecular weight is 239 g/mol. The standard InChI is InChI=1S/C9H13N5O3/c1-17-9-6(2-5(10)3-12-9)8(16)7(15)4-13-14-11/h2-3,7-8,15-16H,4,10H2,1H3. The van der Waals surface area contributed by atoms with Gasteiger partial charge in [0.15, 0.2) is 0 Å². The van der Waals surface area contributed by atoms with E-state index in [0.717, 1.165) is 0 Å². The maximum atomic E-state index is 9.84. The summed E-state index contributed by atoms with van der Waals surface area (Å²) in [4.78, 5) is 6.35. The van der Waals surface area contributed by atoms with E-state index in [1.165, 1.54) is 19.4 Å². The molecule has 2 unspecified atom stereocenters. The number of nitrogens with zero attached hydrogens (tertiary/aromatic N) is 4. The van der Waals surface area contributed by atoms with Crippen LogP contribution in [0.2, 0.25) is 0 Å². The number of azide groups is 1. The van der Waals surface area contributed by atoms with Gasteiger partial charge in [0.2, 0.25) is 5.88 Å². The van der Waals surface area contributed by atoms with Gasteiger partial charge in [-0.25, -0.2) is 4.98 Å². The summed E-state index contributed by atoms with van der Waals surface area (Å²) in [5.41, 5.74) is 14.2. The van der Waals surface area contributed by atoms with E-state index in [0.29, 0.717) is 5.69 Å². The number of aliphatic hydroxyl groups excluding tert-OH is 2. The minimum absolute atomic E-state index is 0.159. The third kappa shape index (κ3) is 3.22. The molecule has 1 heterocycles. The quantitative estimate of drug-likeness (QED) is 0.387. The molecule has 0 aliphatic heterocycles. The number of hydrogen-bond donors (Lipinski definition) is 3. The second-order valence-electron chi connectivity index (χ2n) is 3.29. The van der Waals surface area contributed by atoms with Crippen LogP contribution < -0.4 is 10.5 Å². The van der Waals surface area contributed by atoms with Crippen LogP contribution in [0.1, 0.15) is 11.7 Å². The molecule has 0 fully saturated rings. The molecule has 0 aromatic carbocycles. The van der Waals surface area contributed by atoms with Crippen LogP contribution >= 0.6 is 0 Å². The van der Waals surface area contributed by atoms with Gasteiger partial charge in [0.05, 0.1) is 31.6 Å². The fraction of sp³-hybridized carbons (Fsp3) is 0.444. The normalized spacial score (nSPS) is 13.6. The highest BCUT2D eigenvalue weighted by Crippen LogP contribution is 2.27. The number of hydrogen-bond acceptors (Lipinski definition) is 6. The van der Waals surface area contributed by atoms with E-state index in [-0.39, 0.29) is 18.0 Å². The van der Waals surface area contributed by atoms with Crippen molar-refractivity contribution < 1.29 is 14.9 Å². The number of anilines is 1. The lowest BCUT2D eigenvalue weighted by atomic mass is 10.1. The molecule has 8 nitrogen and oxygen atoms in total. The Labute approximate surface area is 97.3 Å². The van der Waals surface area contributed by atoms with E-state index in [4.69, 9.17) is 16.0 Å². The first-order chi connectivity index (χ1) is 8.10. The SMILES string of the molecule is COc1ncc(N)cc1C(O)C(O)CN=[N+]=[N-]. The van der Waals surface area contributed by atoms with Crippen molar-refractivity contribution in [3.8, 4) is 5.88 Å². The van der Waals surface area contributed by atoms with E-state index < -0.39 is 12.2 Å². The number of pyridine rings is 1. The molecular formula is C9H13N5O3. The van der Waals surface area contributed by atoms with E-state index in [2.05, 4.69) is 15.0 Å². The molecule has 92 valence electrons. The Hall–Kier alpha value is -2.02. The lowest BCUT2D eigenvalue weighted by Crippen LogP contribution is -2.22. The fourth-order valence-electron chi connectivity index (χ4n) is 1.30. The van der Waals surface area contributed by atoms with E-state index >= 15 is 0 Å². The smallest absolute Gasteiger partial charge is 0.219 e. The molecular weight excluding hydrogens is 226 g/mol. The number of aliphatic hydroxyl groups is 2. The van der Waals surface area contributed by atoms with Crippen LogP contribution in [-0.2, 0) is 0 Å². The van der Waals surface area contributed by atoms with E-state index in [1.807, 2.05) is 0 Å². The fourth-order valence-corrected chi connectivity index (χ4v) is 1.30. The Kier molecular flexibility index (Phi) is 4.53. The third-order valence-electron chi connectivity index (χ3n) is 2.11. The van der Waals surface area contributed by atoms with Gasteiger partial charge in [0, 0.05) is 10.5 Å². The Bertz CT molecular complexity index is 433. The molecule has 0 aliphatic rings. The highest BCUT2D eigenvalue weighted by molar-refractivity contribution is 5.43. The highest BCUT2D eigenvalue weighted by atomic mass is 16.5. The molecule has 1 aromatic rings. The van der Waals surface area contributed by atoms with Gasteiger partial charge in [0.1, 0.15) is 6.10 Å². The van der Waals surface area contributed by atoms with Crippen molar-refractivity contribution in [1.82, 2.24) is 4.98 Å². The molecule has 2 atom stereocenters. The van der Waals surface area contributed by atoms with Crippen LogP contribution in [0.5, 0.6) is 5.88 Å². The molecule has 0 radical (unpaired) electrons. The molecule has 8 heteroatoms. The molecule has 0 saturated heterocycles. The van der Waals surface area contributed by atoms with Gasteiger partial charge < -0.3 is 20.7 Å². The largest absolute Gasteiger partial charge is 0.481 e. The van der Waals surface area contributed by atoms with Crippen LogP contribution in [0.4, 0.5) is 5.69 Å². The molecule has 1 rings (SSSR count). The van der Waals surface area contributed by atoms with Crippen LogP contribution in [0, 0.1) is 0 Å². The molecule has 1 aromatic heterocycles. The minimum atomic E-state index is -1.29. The van der Waals surface area contributed by atoms with Crippen molar-refractivity contribution in [3.05, 3.63) is 28.3 Å². The highest BCUT2D eigenvalue weighted by Gasteiger charge is 2.22. The summed E-state index contributed by atoms with van der Waals surface area (Å²) in [5.74, 6) is 0.159. The minimum Gasteiger partial charge on any atom is -0.481 e. The van der Waals surface area contributed by atoms with Gasteiger partial charge in [-0.05, 0) is 11.6 Å². The Morgan fingerprint density at radius 3 is 2.94 bits per heavy atom. The average Bonchev–Trinajstić information content (AvgIpc) is 2.34. The summed E-state index contributed by atoms with van der Waals surface area (Å²) in [6, 6.07) is 1.44. The summed E-state index contributed by atoms with van der Waals surface area (Å²) in [6.07, 6.45) is -1.16. The number of aromatic nitrogens is 1. The third-order valence-corrected chi connectivity index (χ3v) is 2.11. The maximum absolute atomic E-state index is 9.84. The maximum Gasteiger partial charge on any atom is 0.219 e. The summed E-state index contributed by atoms with van der Waals surface area (Å²) < 4.78 is 4.93. The first-order valence-corrected chi connectivity index (χ1v) is 4.76. The molecule has 0 amide bonds. The number of rotatable bonds is 5. The number of nitrogen functional groups attached to an aromatic ring is 1. The van der Waals surface area contributed by atoms with E-state index in [1.54, 1.807) is 0 Å². The first kappa shape index (κ1) is 13.0. The van der Waals surface area contributed by atoms with Gasteiger partial charge >= 0.3 is 0 Å². The lowest BCUT2D eigenvalue weighted by Gasteiger charge is -2.18. The zero-order valence-corrected chi connectivity index (χ0v) is 9.19. The van der Waals surface area contributed by atoms with Crippen LogP contribution in [0.3, 0.4) is 0 Å². The molecule has 4 N–H and O–H groups in total. The Morgan fingerprint density at radius 2 is 2.35 bits per heavy atom. The van der Waals surface area contributed by atoms with Crippen molar-refractivity contribution in [2.75, 3.05) is 19.4 Å². The molecule has 0 spiro atoms. The van der Waals surface area contributed by atoms with Gasteiger partial charge in [-0.15, -0.1) is 0 Å². The van der Waals surface area contributed by atoms with Crippen molar-refractivity contribution in [3.63, 3.8) is 0 Å². The van der Waals surface area contributed by atoms with Crippen LogP contribution in [-0.4, -0.2) is 35.0 Å². The zero-order chi connectivity index (χ0) is 12.8. The predicted molar refractivity (Wildman–Crippen MR) is 60.2 cm³/mol. The van der Waals surface area contributed by atoms with Crippen LogP contribution in [0.15, 0.2) is 17.4 Å². The number of methoxy groups -OCH3 is 1. The van der Waals surface area contributed by atoms with Gasteiger partial charge in [0.25, 0.3) is 0 Å². The summed E-state index contributed by atoms with van der Waals surface area (Å²) in [5, 5.41) is 22.6. The molecule has 0 aliphatic carbocycles. The molecule has 0 saturated carbocycles. The Morgan fingerprint density at radius 1 is 1.65 bits per heavy atom. The van der Waals surface area contributed by atoms with Crippen LogP contribution in [0.25, 0.3) is 10.4 Å². The zero-order valence-electron chi connectivity index (χ0n) is 9.19.